The molecular weight excluding hydrogens is 314 g/mol. The van der Waals surface area contributed by atoms with Gasteiger partial charge in [0.15, 0.2) is 11.5 Å². The third kappa shape index (κ3) is 4.89. The van der Waals surface area contributed by atoms with E-state index in [1.807, 2.05) is 32.0 Å². The van der Waals surface area contributed by atoms with Crippen LogP contribution in [0.3, 0.4) is 0 Å². The van der Waals surface area contributed by atoms with Crippen molar-refractivity contribution in [2.45, 2.75) is 33.1 Å². The van der Waals surface area contributed by atoms with E-state index >= 15 is 0 Å². The minimum absolute atomic E-state index is 0.184. The monoisotopic (exact) mass is 343 g/mol. The van der Waals surface area contributed by atoms with Crippen molar-refractivity contribution < 1.29 is 14.2 Å². The van der Waals surface area contributed by atoms with Crippen molar-refractivity contribution in [3.8, 4) is 17.2 Å². The van der Waals surface area contributed by atoms with Gasteiger partial charge in [-0.15, -0.1) is 0 Å². The Bertz CT molecular complexity index is 685. The predicted molar refractivity (Wildman–Crippen MR) is 102 cm³/mol. The Kier molecular flexibility index (Phi) is 7.14. The SMILES string of the molecule is CCOc1ccc(CC(CN)c2cc(C)ccc2OCC)cc1OC. The molecule has 0 saturated heterocycles. The Hall–Kier alpha value is -2.20. The van der Waals surface area contributed by atoms with Crippen LogP contribution in [0.15, 0.2) is 36.4 Å². The van der Waals surface area contributed by atoms with E-state index in [4.69, 9.17) is 19.9 Å². The van der Waals surface area contributed by atoms with Crippen LogP contribution in [0.5, 0.6) is 17.2 Å². The second-order valence-electron chi connectivity index (χ2n) is 6.03. The second-order valence-corrected chi connectivity index (χ2v) is 6.03. The van der Waals surface area contributed by atoms with Gasteiger partial charge in [0.25, 0.3) is 0 Å². The summed E-state index contributed by atoms with van der Waals surface area (Å²) in [5.74, 6) is 2.62. The van der Waals surface area contributed by atoms with Crippen LogP contribution in [0.4, 0.5) is 0 Å². The second kappa shape index (κ2) is 9.33. The normalized spacial score (nSPS) is 11.9. The molecule has 25 heavy (non-hydrogen) atoms. The molecule has 2 aromatic carbocycles. The highest BCUT2D eigenvalue weighted by Crippen LogP contribution is 2.33. The molecular formula is C21H29NO3. The number of hydrogen-bond acceptors (Lipinski definition) is 4. The van der Waals surface area contributed by atoms with E-state index in [2.05, 4.69) is 25.1 Å². The van der Waals surface area contributed by atoms with Crippen molar-refractivity contribution in [3.05, 3.63) is 53.1 Å². The van der Waals surface area contributed by atoms with Crippen molar-refractivity contribution in [2.75, 3.05) is 26.9 Å². The van der Waals surface area contributed by atoms with E-state index in [-0.39, 0.29) is 5.92 Å². The number of ether oxygens (including phenoxy) is 3. The molecule has 0 saturated carbocycles. The molecule has 2 N–H and O–H groups in total. The van der Waals surface area contributed by atoms with Crippen molar-refractivity contribution in [1.82, 2.24) is 0 Å². The molecule has 0 amide bonds. The quantitative estimate of drug-likeness (QED) is 0.745. The number of nitrogens with two attached hydrogens (primary N) is 1. The minimum atomic E-state index is 0.184. The van der Waals surface area contributed by atoms with Crippen LogP contribution < -0.4 is 19.9 Å². The number of hydrogen-bond donors (Lipinski definition) is 1. The van der Waals surface area contributed by atoms with E-state index in [0.29, 0.717) is 19.8 Å². The predicted octanol–water partition coefficient (Wildman–Crippen LogP) is 4.09. The highest BCUT2D eigenvalue weighted by atomic mass is 16.5. The van der Waals surface area contributed by atoms with Crippen molar-refractivity contribution in [3.63, 3.8) is 0 Å². The summed E-state index contributed by atoms with van der Waals surface area (Å²) in [6.07, 6.45) is 0.822. The smallest absolute Gasteiger partial charge is 0.161 e. The average molecular weight is 343 g/mol. The van der Waals surface area contributed by atoms with Crippen molar-refractivity contribution >= 4 is 0 Å². The first-order valence-corrected chi connectivity index (χ1v) is 8.86. The molecule has 4 nitrogen and oxygen atoms in total. The van der Waals surface area contributed by atoms with E-state index in [1.165, 1.54) is 11.1 Å². The third-order valence-corrected chi connectivity index (χ3v) is 4.20. The Balaban J connectivity index is 2.29. The van der Waals surface area contributed by atoms with Crippen LogP contribution in [0.2, 0.25) is 0 Å². The molecule has 4 heteroatoms. The Labute approximate surface area is 150 Å². The van der Waals surface area contributed by atoms with E-state index in [0.717, 1.165) is 29.2 Å². The summed E-state index contributed by atoms with van der Waals surface area (Å²) >= 11 is 0. The Morgan fingerprint density at radius 3 is 2.24 bits per heavy atom. The van der Waals surface area contributed by atoms with Gasteiger partial charge in [0.2, 0.25) is 0 Å². The first kappa shape index (κ1) is 19.1. The van der Waals surface area contributed by atoms with Gasteiger partial charge in [0, 0.05) is 5.92 Å². The summed E-state index contributed by atoms with van der Waals surface area (Å²) in [5.41, 5.74) is 9.64. The zero-order valence-corrected chi connectivity index (χ0v) is 15.7. The first-order chi connectivity index (χ1) is 12.1. The van der Waals surface area contributed by atoms with E-state index < -0.39 is 0 Å². The molecule has 136 valence electrons. The summed E-state index contributed by atoms with van der Waals surface area (Å²) in [6, 6.07) is 12.4. The van der Waals surface area contributed by atoms with E-state index in [1.54, 1.807) is 7.11 Å². The molecule has 0 aliphatic rings. The van der Waals surface area contributed by atoms with Crippen molar-refractivity contribution in [1.29, 1.82) is 0 Å². The zero-order valence-electron chi connectivity index (χ0n) is 15.7. The highest BCUT2D eigenvalue weighted by Gasteiger charge is 2.17. The largest absolute Gasteiger partial charge is 0.494 e. The van der Waals surface area contributed by atoms with E-state index in [9.17, 15) is 0 Å². The van der Waals surface area contributed by atoms with Gasteiger partial charge in [-0.3, -0.25) is 0 Å². The van der Waals surface area contributed by atoms with Crippen LogP contribution in [0, 0.1) is 6.92 Å². The molecule has 0 bridgehead atoms. The fraction of sp³-hybridized carbons (Fsp3) is 0.429. The molecule has 0 aromatic heterocycles. The lowest BCUT2D eigenvalue weighted by molar-refractivity contribution is 0.310. The van der Waals surface area contributed by atoms with Crippen LogP contribution in [0.1, 0.15) is 36.5 Å². The van der Waals surface area contributed by atoms with Gasteiger partial charge in [-0.25, -0.2) is 0 Å². The maximum atomic E-state index is 6.10. The van der Waals surface area contributed by atoms with Gasteiger partial charge < -0.3 is 19.9 Å². The number of aryl methyl sites for hydroxylation is 1. The highest BCUT2D eigenvalue weighted by molar-refractivity contribution is 5.45. The lowest BCUT2D eigenvalue weighted by Gasteiger charge is -2.20. The lowest BCUT2D eigenvalue weighted by atomic mass is 9.90. The summed E-state index contributed by atoms with van der Waals surface area (Å²) in [4.78, 5) is 0. The molecule has 0 heterocycles. The van der Waals surface area contributed by atoms with Gasteiger partial charge in [0.05, 0.1) is 20.3 Å². The summed E-state index contributed by atoms with van der Waals surface area (Å²) in [6.45, 7) is 7.86. The molecule has 2 aromatic rings. The fourth-order valence-electron chi connectivity index (χ4n) is 2.99. The summed E-state index contributed by atoms with van der Waals surface area (Å²) < 4.78 is 16.9. The van der Waals surface area contributed by atoms with Gasteiger partial charge in [-0.1, -0.05) is 23.8 Å². The number of methoxy groups -OCH3 is 1. The van der Waals surface area contributed by atoms with Gasteiger partial charge in [-0.2, -0.15) is 0 Å². The third-order valence-electron chi connectivity index (χ3n) is 4.20. The van der Waals surface area contributed by atoms with Crippen LogP contribution in [0.25, 0.3) is 0 Å². The topological polar surface area (TPSA) is 53.7 Å². The average Bonchev–Trinajstić information content (AvgIpc) is 2.62. The Morgan fingerprint density at radius 1 is 0.920 bits per heavy atom. The van der Waals surface area contributed by atoms with Crippen LogP contribution >= 0.6 is 0 Å². The summed E-state index contributed by atoms with van der Waals surface area (Å²) in [7, 11) is 1.66. The van der Waals surface area contributed by atoms with Crippen LogP contribution in [-0.2, 0) is 6.42 Å². The molecule has 1 unspecified atom stereocenters. The van der Waals surface area contributed by atoms with Gasteiger partial charge in [-0.05, 0) is 63.1 Å². The number of benzene rings is 2. The van der Waals surface area contributed by atoms with Crippen LogP contribution in [-0.4, -0.2) is 26.9 Å². The maximum absolute atomic E-state index is 6.10. The first-order valence-electron chi connectivity index (χ1n) is 8.86. The molecule has 1 atom stereocenters. The van der Waals surface area contributed by atoms with Gasteiger partial charge >= 0.3 is 0 Å². The fourth-order valence-corrected chi connectivity index (χ4v) is 2.99. The maximum Gasteiger partial charge on any atom is 0.161 e. The summed E-state index contributed by atoms with van der Waals surface area (Å²) in [5, 5.41) is 0. The molecule has 0 aliphatic carbocycles. The van der Waals surface area contributed by atoms with Gasteiger partial charge in [0.1, 0.15) is 5.75 Å². The molecule has 0 fully saturated rings. The molecule has 0 spiro atoms. The van der Waals surface area contributed by atoms with Crippen molar-refractivity contribution in [2.24, 2.45) is 5.73 Å². The minimum Gasteiger partial charge on any atom is -0.494 e. The lowest BCUT2D eigenvalue weighted by Crippen LogP contribution is -2.16. The standard InChI is InChI=1S/C21H29NO3/c1-5-24-19-9-7-15(3)11-18(19)17(14-22)12-16-8-10-20(25-6-2)21(13-16)23-4/h7-11,13,17H,5-6,12,14,22H2,1-4H3. The number of rotatable bonds is 9. The zero-order chi connectivity index (χ0) is 18.2. The molecule has 2 rings (SSSR count). The molecule has 0 aliphatic heterocycles. The molecule has 0 radical (unpaired) electrons. The Morgan fingerprint density at radius 2 is 1.60 bits per heavy atom.